The van der Waals surface area contributed by atoms with E-state index in [1.165, 1.54) is 6.92 Å². The Morgan fingerprint density at radius 1 is 1.25 bits per heavy atom. The van der Waals surface area contributed by atoms with Crippen molar-refractivity contribution in [3.63, 3.8) is 0 Å². The van der Waals surface area contributed by atoms with Gasteiger partial charge in [-0.1, -0.05) is 0 Å². The zero-order valence-corrected chi connectivity index (χ0v) is 8.59. The predicted molar refractivity (Wildman–Crippen MR) is 48.8 cm³/mol. The fourth-order valence-corrected chi connectivity index (χ4v) is 0.904. The molecule has 0 aliphatic heterocycles. The first-order valence-corrected chi connectivity index (χ1v) is 4.35. The predicted octanol–water partition coefficient (Wildman–Crippen LogP) is 1.04. The Hall–Kier alpha value is -0.570. The summed E-state index contributed by atoms with van der Waals surface area (Å²) in [6, 6.07) is 0. The summed E-state index contributed by atoms with van der Waals surface area (Å²) in [7, 11) is 6.48. The molecule has 0 radical (unpaired) electrons. The van der Waals surface area contributed by atoms with Gasteiger partial charge in [-0.15, -0.1) is 0 Å². The van der Waals surface area contributed by atoms with Crippen LogP contribution in [0.15, 0.2) is 0 Å². The van der Waals surface area contributed by atoms with E-state index in [1.807, 2.05) is 0 Å². The largest absolute Gasteiger partial charge is 0.466 e. The first-order valence-electron chi connectivity index (χ1n) is 4.35. The number of ether oxygens (including phenoxy) is 1. The molecule has 0 saturated heterocycles. The van der Waals surface area contributed by atoms with Gasteiger partial charge in [-0.05, 0) is 12.8 Å². The molecule has 0 heterocycles. The average molecular weight is 174 g/mol. The summed E-state index contributed by atoms with van der Waals surface area (Å²) in [4.78, 5) is 10.4. The molecule has 12 heavy (non-hydrogen) atoms. The molecule has 0 aromatic rings. The maximum absolute atomic E-state index is 10.4. The van der Waals surface area contributed by atoms with Crippen molar-refractivity contribution in [2.24, 2.45) is 0 Å². The number of carbonyl (C=O) groups excluding carboxylic acids is 1. The lowest BCUT2D eigenvalue weighted by Crippen LogP contribution is -2.35. The Balaban J connectivity index is 3.17. The van der Waals surface area contributed by atoms with Gasteiger partial charge in [0.25, 0.3) is 0 Å². The lowest BCUT2D eigenvalue weighted by Gasteiger charge is -2.23. The standard InChI is InChI=1S/C9H20NO2/c1-9(11)12-8-6-5-7-10(2,3)4/h5-8H2,1-4H3/q+1. The van der Waals surface area contributed by atoms with Gasteiger partial charge in [0.05, 0.1) is 34.3 Å². The van der Waals surface area contributed by atoms with Crippen molar-refractivity contribution in [1.29, 1.82) is 0 Å². The normalized spacial score (nSPS) is 11.3. The summed E-state index contributed by atoms with van der Waals surface area (Å²) in [5.41, 5.74) is 0. The van der Waals surface area contributed by atoms with Crippen LogP contribution in [0.3, 0.4) is 0 Å². The Bertz CT molecular complexity index is 138. The van der Waals surface area contributed by atoms with Gasteiger partial charge in [-0.2, -0.15) is 0 Å². The minimum absolute atomic E-state index is 0.180. The molecule has 0 unspecified atom stereocenters. The van der Waals surface area contributed by atoms with E-state index >= 15 is 0 Å². The lowest BCUT2D eigenvalue weighted by atomic mass is 10.3. The Morgan fingerprint density at radius 3 is 2.25 bits per heavy atom. The highest BCUT2D eigenvalue weighted by atomic mass is 16.5. The molecule has 0 fully saturated rings. The number of esters is 1. The second-order valence-electron chi connectivity index (χ2n) is 4.06. The van der Waals surface area contributed by atoms with Gasteiger partial charge in [0.1, 0.15) is 0 Å². The highest BCUT2D eigenvalue weighted by Gasteiger charge is 2.05. The number of nitrogens with zero attached hydrogens (tertiary/aromatic N) is 1. The molecule has 0 aromatic carbocycles. The number of quaternary nitrogens is 1. The van der Waals surface area contributed by atoms with E-state index in [-0.39, 0.29) is 5.97 Å². The van der Waals surface area contributed by atoms with Gasteiger partial charge >= 0.3 is 5.97 Å². The summed E-state index contributed by atoms with van der Waals surface area (Å²) in [5, 5.41) is 0. The van der Waals surface area contributed by atoms with Crippen molar-refractivity contribution in [3.8, 4) is 0 Å². The minimum atomic E-state index is -0.180. The number of hydrogen-bond acceptors (Lipinski definition) is 2. The maximum Gasteiger partial charge on any atom is 0.302 e. The van der Waals surface area contributed by atoms with E-state index in [9.17, 15) is 4.79 Å². The Kier molecular flexibility index (Phi) is 4.90. The van der Waals surface area contributed by atoms with Crippen LogP contribution in [0.2, 0.25) is 0 Å². The van der Waals surface area contributed by atoms with Crippen LogP contribution in [0.5, 0.6) is 0 Å². The second-order valence-corrected chi connectivity index (χ2v) is 4.06. The molecule has 0 bridgehead atoms. The first-order chi connectivity index (χ1) is 5.42. The minimum Gasteiger partial charge on any atom is -0.466 e. The molecular formula is C9H20NO2+. The van der Waals surface area contributed by atoms with Crippen molar-refractivity contribution in [2.45, 2.75) is 19.8 Å². The highest BCUT2D eigenvalue weighted by molar-refractivity contribution is 5.65. The lowest BCUT2D eigenvalue weighted by molar-refractivity contribution is -0.870. The Labute approximate surface area is 74.9 Å². The molecule has 0 aliphatic carbocycles. The molecule has 3 nitrogen and oxygen atoms in total. The molecule has 3 heteroatoms. The summed E-state index contributed by atoms with van der Waals surface area (Å²) < 4.78 is 5.78. The molecule has 0 rings (SSSR count). The molecule has 0 aliphatic rings. The third-order valence-corrected chi connectivity index (χ3v) is 1.53. The van der Waals surface area contributed by atoms with Crippen LogP contribution in [0.25, 0.3) is 0 Å². The third kappa shape index (κ3) is 9.43. The van der Waals surface area contributed by atoms with Gasteiger partial charge in [-0.3, -0.25) is 4.79 Å². The number of rotatable bonds is 5. The summed E-state index contributed by atoms with van der Waals surface area (Å²) in [6.07, 6.45) is 2.08. The molecule has 0 spiro atoms. The van der Waals surface area contributed by atoms with Gasteiger partial charge < -0.3 is 9.22 Å². The van der Waals surface area contributed by atoms with Crippen molar-refractivity contribution in [1.82, 2.24) is 0 Å². The van der Waals surface area contributed by atoms with Gasteiger partial charge in [0.15, 0.2) is 0 Å². The van der Waals surface area contributed by atoms with E-state index in [2.05, 4.69) is 21.1 Å². The molecule has 0 amide bonds. The number of unbranched alkanes of at least 4 members (excludes halogenated alkanes) is 1. The maximum atomic E-state index is 10.4. The van der Waals surface area contributed by atoms with Crippen LogP contribution in [0.1, 0.15) is 19.8 Å². The SMILES string of the molecule is CC(=O)OCCCC[N+](C)(C)C. The van der Waals surface area contributed by atoms with Crippen molar-refractivity contribution in [3.05, 3.63) is 0 Å². The molecule has 0 saturated carbocycles. The van der Waals surface area contributed by atoms with E-state index < -0.39 is 0 Å². The number of hydrogen-bond donors (Lipinski definition) is 0. The van der Waals surface area contributed by atoms with Crippen molar-refractivity contribution >= 4 is 5.97 Å². The van der Waals surface area contributed by atoms with E-state index in [0.29, 0.717) is 6.61 Å². The third-order valence-electron chi connectivity index (χ3n) is 1.53. The fourth-order valence-electron chi connectivity index (χ4n) is 0.904. The van der Waals surface area contributed by atoms with Crippen LogP contribution in [-0.4, -0.2) is 44.7 Å². The number of carbonyl (C=O) groups is 1. The smallest absolute Gasteiger partial charge is 0.302 e. The van der Waals surface area contributed by atoms with Crippen LogP contribution in [-0.2, 0) is 9.53 Å². The van der Waals surface area contributed by atoms with Gasteiger partial charge in [-0.25, -0.2) is 0 Å². The van der Waals surface area contributed by atoms with Crippen LogP contribution < -0.4 is 0 Å². The van der Waals surface area contributed by atoms with Crippen LogP contribution in [0.4, 0.5) is 0 Å². The summed E-state index contributed by atoms with van der Waals surface area (Å²) in [5.74, 6) is -0.180. The molecule has 0 N–H and O–H groups in total. The first kappa shape index (κ1) is 11.4. The Morgan fingerprint density at radius 2 is 1.83 bits per heavy atom. The van der Waals surface area contributed by atoms with E-state index in [0.717, 1.165) is 23.9 Å². The molecule has 0 aromatic heterocycles. The van der Waals surface area contributed by atoms with Crippen molar-refractivity contribution < 1.29 is 14.0 Å². The summed E-state index contributed by atoms with van der Waals surface area (Å²) in [6.45, 7) is 3.14. The fraction of sp³-hybridized carbons (Fsp3) is 0.889. The van der Waals surface area contributed by atoms with Crippen LogP contribution in [0, 0.1) is 0 Å². The van der Waals surface area contributed by atoms with Crippen LogP contribution >= 0.6 is 0 Å². The van der Waals surface area contributed by atoms with E-state index in [1.54, 1.807) is 0 Å². The van der Waals surface area contributed by atoms with E-state index in [4.69, 9.17) is 4.74 Å². The zero-order valence-electron chi connectivity index (χ0n) is 8.59. The average Bonchev–Trinajstić information content (AvgIpc) is 1.83. The highest BCUT2D eigenvalue weighted by Crippen LogP contribution is 1.97. The second kappa shape index (κ2) is 5.14. The zero-order chi connectivity index (χ0) is 9.61. The monoisotopic (exact) mass is 174 g/mol. The quantitative estimate of drug-likeness (QED) is 0.353. The molecule has 72 valence electrons. The molecule has 0 atom stereocenters. The summed E-state index contributed by atoms with van der Waals surface area (Å²) >= 11 is 0. The van der Waals surface area contributed by atoms with Crippen molar-refractivity contribution in [2.75, 3.05) is 34.3 Å². The van der Waals surface area contributed by atoms with Gasteiger partial charge in [0, 0.05) is 6.92 Å². The molecular weight excluding hydrogens is 154 g/mol. The van der Waals surface area contributed by atoms with Gasteiger partial charge in [0.2, 0.25) is 0 Å². The topological polar surface area (TPSA) is 26.3 Å².